The Labute approximate surface area is 171 Å². The molecule has 0 atom stereocenters. The van der Waals surface area contributed by atoms with Crippen LogP contribution in [-0.2, 0) is 4.79 Å². The molecular formula is C17H13BrClN3O2S2. The smallest absolute Gasteiger partial charge is 0.264 e. The van der Waals surface area contributed by atoms with Crippen LogP contribution in [0.25, 0.3) is 11.3 Å². The van der Waals surface area contributed by atoms with Crippen LogP contribution in [0.1, 0.15) is 9.67 Å². The van der Waals surface area contributed by atoms with E-state index in [4.69, 9.17) is 11.6 Å². The number of nitrogens with zero attached hydrogens (tertiary/aromatic N) is 2. The lowest BCUT2D eigenvalue weighted by Gasteiger charge is -2.15. The summed E-state index contributed by atoms with van der Waals surface area (Å²) in [6.45, 7) is -0.0602. The van der Waals surface area contributed by atoms with Gasteiger partial charge in [0.1, 0.15) is 0 Å². The molecule has 0 aliphatic heterocycles. The highest BCUT2D eigenvalue weighted by atomic mass is 79.9. The highest BCUT2D eigenvalue weighted by Gasteiger charge is 2.17. The molecule has 26 heavy (non-hydrogen) atoms. The topological polar surface area (TPSA) is 62.3 Å². The van der Waals surface area contributed by atoms with E-state index in [2.05, 4.69) is 26.2 Å². The van der Waals surface area contributed by atoms with Crippen LogP contribution in [0.3, 0.4) is 0 Å². The highest BCUT2D eigenvalue weighted by molar-refractivity contribution is 9.11. The average Bonchev–Trinajstić information content (AvgIpc) is 3.23. The van der Waals surface area contributed by atoms with Crippen LogP contribution in [0.5, 0.6) is 0 Å². The van der Waals surface area contributed by atoms with Crippen molar-refractivity contribution in [1.29, 1.82) is 0 Å². The maximum Gasteiger partial charge on any atom is 0.264 e. The van der Waals surface area contributed by atoms with E-state index in [0.29, 0.717) is 20.7 Å². The molecule has 134 valence electrons. The Hall–Kier alpha value is -1.74. The molecule has 2 amide bonds. The molecule has 0 saturated carbocycles. The second-order valence-corrected chi connectivity index (χ2v) is 9.06. The van der Waals surface area contributed by atoms with E-state index in [1.165, 1.54) is 27.6 Å². The second kappa shape index (κ2) is 8.30. The Morgan fingerprint density at radius 1 is 1.27 bits per heavy atom. The first-order valence-corrected chi connectivity index (χ1v) is 10.3. The van der Waals surface area contributed by atoms with Gasteiger partial charge in [0, 0.05) is 23.0 Å². The van der Waals surface area contributed by atoms with E-state index in [1.807, 2.05) is 23.6 Å². The summed E-state index contributed by atoms with van der Waals surface area (Å²) in [6.07, 6.45) is 0. The minimum Gasteiger partial charge on any atom is -0.332 e. The highest BCUT2D eigenvalue weighted by Crippen LogP contribution is 2.30. The van der Waals surface area contributed by atoms with E-state index < -0.39 is 0 Å². The number of carbonyl (C=O) groups is 2. The molecule has 1 N–H and O–H groups in total. The molecule has 3 rings (SSSR count). The number of halogens is 2. The zero-order valence-corrected chi connectivity index (χ0v) is 17.5. The van der Waals surface area contributed by atoms with Gasteiger partial charge >= 0.3 is 0 Å². The molecule has 0 saturated heterocycles. The van der Waals surface area contributed by atoms with Crippen molar-refractivity contribution in [1.82, 2.24) is 9.88 Å². The van der Waals surface area contributed by atoms with E-state index in [1.54, 1.807) is 25.2 Å². The van der Waals surface area contributed by atoms with Crippen LogP contribution in [0.2, 0.25) is 5.02 Å². The van der Waals surface area contributed by atoms with Crippen molar-refractivity contribution in [3.05, 3.63) is 55.5 Å². The molecule has 1 aromatic carbocycles. The van der Waals surface area contributed by atoms with Crippen molar-refractivity contribution >= 4 is 67.2 Å². The minimum absolute atomic E-state index is 0.0602. The summed E-state index contributed by atoms with van der Waals surface area (Å²) in [5.74, 6) is -0.511. The first-order chi connectivity index (χ1) is 12.4. The molecule has 5 nitrogen and oxygen atoms in total. The summed E-state index contributed by atoms with van der Waals surface area (Å²) >= 11 is 12.1. The third kappa shape index (κ3) is 4.50. The summed E-state index contributed by atoms with van der Waals surface area (Å²) in [5, 5.41) is 5.61. The van der Waals surface area contributed by atoms with E-state index in [-0.39, 0.29) is 18.4 Å². The van der Waals surface area contributed by atoms with E-state index >= 15 is 0 Å². The largest absolute Gasteiger partial charge is 0.332 e. The third-order valence-corrected chi connectivity index (χ3v) is 6.11. The van der Waals surface area contributed by atoms with Gasteiger partial charge in [-0.05, 0) is 34.1 Å². The molecular weight excluding hydrogens is 458 g/mol. The number of benzene rings is 1. The van der Waals surface area contributed by atoms with Crippen LogP contribution in [-0.4, -0.2) is 35.3 Å². The molecule has 0 unspecified atom stereocenters. The van der Waals surface area contributed by atoms with Gasteiger partial charge in [0.2, 0.25) is 5.91 Å². The number of hydrogen-bond acceptors (Lipinski definition) is 5. The first kappa shape index (κ1) is 19.0. The lowest BCUT2D eigenvalue weighted by molar-refractivity contribution is -0.116. The number of carbonyl (C=O) groups excluding carboxylic acids is 2. The molecule has 0 aliphatic carbocycles. The zero-order valence-electron chi connectivity index (χ0n) is 13.5. The number of likely N-dealkylation sites (N-methyl/N-ethyl adjacent to an activating group) is 1. The number of rotatable bonds is 5. The fraction of sp³-hybridized carbons (Fsp3) is 0.118. The summed E-state index contributed by atoms with van der Waals surface area (Å²) in [6, 6.07) is 10.9. The summed E-state index contributed by atoms with van der Waals surface area (Å²) in [7, 11) is 1.59. The van der Waals surface area contributed by atoms with Gasteiger partial charge in [0.15, 0.2) is 5.13 Å². The normalized spacial score (nSPS) is 10.6. The van der Waals surface area contributed by atoms with Gasteiger partial charge in [-0.15, -0.1) is 22.7 Å². The molecule has 2 aromatic heterocycles. The van der Waals surface area contributed by atoms with Crippen molar-refractivity contribution in [2.75, 3.05) is 18.9 Å². The van der Waals surface area contributed by atoms with Crippen LogP contribution >= 0.6 is 50.2 Å². The zero-order chi connectivity index (χ0) is 18.7. The van der Waals surface area contributed by atoms with E-state index in [9.17, 15) is 9.59 Å². The number of anilines is 1. The number of nitrogens with one attached hydrogen (secondary N) is 1. The van der Waals surface area contributed by atoms with Crippen molar-refractivity contribution < 1.29 is 9.59 Å². The number of thiophene rings is 1. The van der Waals surface area contributed by atoms with Crippen molar-refractivity contribution in [2.45, 2.75) is 0 Å². The van der Waals surface area contributed by atoms with Gasteiger partial charge < -0.3 is 10.2 Å². The Morgan fingerprint density at radius 2 is 2.04 bits per heavy atom. The summed E-state index contributed by atoms with van der Waals surface area (Å²) in [5.41, 5.74) is 1.50. The average molecular weight is 471 g/mol. The minimum atomic E-state index is -0.309. The van der Waals surface area contributed by atoms with Crippen molar-refractivity contribution in [2.24, 2.45) is 0 Å². The van der Waals surface area contributed by atoms with Gasteiger partial charge in [0.25, 0.3) is 5.91 Å². The Morgan fingerprint density at radius 3 is 2.73 bits per heavy atom. The Balaban J connectivity index is 1.62. The number of thiazole rings is 1. The number of hydrogen-bond donors (Lipinski definition) is 1. The number of aromatic nitrogens is 1. The first-order valence-electron chi connectivity index (χ1n) is 7.45. The molecule has 0 bridgehead atoms. The van der Waals surface area contributed by atoms with Gasteiger partial charge in [-0.2, -0.15) is 0 Å². The fourth-order valence-corrected chi connectivity index (χ4v) is 4.53. The SMILES string of the molecule is CN(CC(=O)Nc1nc(-c2ccccc2Cl)cs1)C(=O)c1ccc(Br)s1. The third-order valence-electron chi connectivity index (χ3n) is 3.41. The molecule has 3 aromatic rings. The monoisotopic (exact) mass is 469 g/mol. The predicted molar refractivity (Wildman–Crippen MR) is 110 cm³/mol. The maximum atomic E-state index is 12.3. The molecule has 2 heterocycles. The van der Waals surface area contributed by atoms with Gasteiger partial charge in [-0.25, -0.2) is 4.98 Å². The van der Waals surface area contributed by atoms with Crippen LogP contribution in [0.15, 0.2) is 45.6 Å². The maximum absolute atomic E-state index is 12.3. The van der Waals surface area contributed by atoms with Crippen LogP contribution < -0.4 is 5.32 Å². The molecule has 0 aliphatic rings. The second-order valence-electron chi connectivity index (χ2n) is 5.33. The predicted octanol–water partition coefficient (Wildman–Crippen LogP) is 5.00. The van der Waals surface area contributed by atoms with Crippen molar-refractivity contribution in [3.8, 4) is 11.3 Å². The van der Waals surface area contributed by atoms with Crippen LogP contribution in [0.4, 0.5) is 5.13 Å². The molecule has 0 spiro atoms. The Kier molecular flexibility index (Phi) is 6.08. The van der Waals surface area contributed by atoms with Crippen molar-refractivity contribution in [3.63, 3.8) is 0 Å². The molecule has 0 radical (unpaired) electrons. The van der Waals surface area contributed by atoms with Gasteiger partial charge in [0.05, 0.1) is 20.9 Å². The molecule has 9 heteroatoms. The quantitative estimate of drug-likeness (QED) is 0.571. The summed E-state index contributed by atoms with van der Waals surface area (Å²) < 4.78 is 0.869. The van der Waals surface area contributed by atoms with Crippen LogP contribution in [0, 0.1) is 0 Å². The molecule has 0 fully saturated rings. The van der Waals surface area contributed by atoms with E-state index in [0.717, 1.165) is 9.35 Å². The van der Waals surface area contributed by atoms with Gasteiger partial charge in [-0.1, -0.05) is 29.8 Å². The fourth-order valence-electron chi connectivity index (χ4n) is 2.19. The number of amides is 2. The summed E-state index contributed by atoms with van der Waals surface area (Å²) in [4.78, 5) is 30.8. The van der Waals surface area contributed by atoms with Gasteiger partial charge in [-0.3, -0.25) is 9.59 Å². The standard InChI is InChI=1S/C17H13BrClN3O2S2/c1-22(16(24)13-6-7-14(18)26-13)8-15(23)21-17-20-12(9-25-17)10-4-2-3-5-11(10)19/h2-7,9H,8H2,1H3,(H,20,21,23). The lowest BCUT2D eigenvalue weighted by atomic mass is 10.2. The lowest BCUT2D eigenvalue weighted by Crippen LogP contribution is -2.34. The Bertz CT molecular complexity index is 957.